The number of imidazole rings is 1. The smallest absolute Gasteiger partial charge is 0.288 e. The Balaban J connectivity index is 1.65. The summed E-state index contributed by atoms with van der Waals surface area (Å²) in [5.74, 6) is 1.02. The predicted molar refractivity (Wildman–Crippen MR) is 112 cm³/mol. The lowest BCUT2D eigenvalue weighted by Gasteiger charge is -2.10. The standard InChI is InChI=1S/C22H20N6O2/c1-2-3-6-21-25-20-5-4-11-24-22(20)27(21)14-16-7-9-17(10-8-16)26-15-19(28(29)30)12-18(26)13-23/h4-5,7-12,15H,2-3,6,14H2,1H3. The van der Waals surface area contributed by atoms with Crippen molar-refractivity contribution < 1.29 is 4.92 Å². The first-order valence-electron chi connectivity index (χ1n) is 9.77. The van der Waals surface area contributed by atoms with Gasteiger partial charge in [-0.25, -0.2) is 9.97 Å². The number of hydrogen-bond acceptors (Lipinski definition) is 5. The molecule has 0 saturated heterocycles. The number of nitro groups is 1. The van der Waals surface area contributed by atoms with E-state index in [1.165, 1.54) is 16.8 Å². The summed E-state index contributed by atoms with van der Waals surface area (Å²) in [7, 11) is 0. The first-order chi connectivity index (χ1) is 14.6. The second-order valence-corrected chi connectivity index (χ2v) is 7.05. The molecule has 0 amide bonds. The van der Waals surface area contributed by atoms with E-state index in [4.69, 9.17) is 4.98 Å². The van der Waals surface area contributed by atoms with Gasteiger partial charge in [0.25, 0.3) is 5.69 Å². The van der Waals surface area contributed by atoms with Gasteiger partial charge in [-0.3, -0.25) is 10.1 Å². The SMILES string of the molecule is CCCCc1nc2cccnc2n1Cc1ccc(-n2cc([N+](=O)[O-])cc2C#N)cc1. The molecule has 8 nitrogen and oxygen atoms in total. The number of aryl methyl sites for hydroxylation is 1. The molecule has 1 aromatic carbocycles. The molecule has 0 aliphatic rings. The molecule has 8 heteroatoms. The monoisotopic (exact) mass is 400 g/mol. The number of nitriles is 1. The fourth-order valence-electron chi connectivity index (χ4n) is 3.49. The van der Waals surface area contributed by atoms with E-state index in [0.717, 1.165) is 41.8 Å². The molecule has 0 bridgehead atoms. The van der Waals surface area contributed by atoms with Gasteiger partial charge in [0.05, 0.1) is 23.7 Å². The van der Waals surface area contributed by atoms with Gasteiger partial charge >= 0.3 is 0 Å². The van der Waals surface area contributed by atoms with E-state index in [9.17, 15) is 15.4 Å². The predicted octanol–water partition coefficient (Wildman–Crippen LogP) is 4.39. The Morgan fingerprint density at radius 2 is 2.03 bits per heavy atom. The molecule has 0 aliphatic heterocycles. The van der Waals surface area contributed by atoms with Crippen LogP contribution in [0.25, 0.3) is 16.9 Å². The molecule has 0 radical (unpaired) electrons. The van der Waals surface area contributed by atoms with Gasteiger partial charge in [0.2, 0.25) is 0 Å². The molecule has 30 heavy (non-hydrogen) atoms. The average molecular weight is 400 g/mol. The van der Waals surface area contributed by atoms with E-state index in [2.05, 4.69) is 16.5 Å². The van der Waals surface area contributed by atoms with E-state index in [0.29, 0.717) is 12.2 Å². The number of fused-ring (bicyclic) bond motifs is 1. The number of benzene rings is 1. The van der Waals surface area contributed by atoms with Crippen LogP contribution < -0.4 is 0 Å². The zero-order valence-corrected chi connectivity index (χ0v) is 16.5. The van der Waals surface area contributed by atoms with Crippen LogP contribution in [-0.4, -0.2) is 24.0 Å². The van der Waals surface area contributed by atoms with Crippen LogP contribution in [0.1, 0.15) is 36.8 Å². The third-order valence-corrected chi connectivity index (χ3v) is 5.02. The van der Waals surface area contributed by atoms with Crippen molar-refractivity contribution in [3.8, 4) is 11.8 Å². The van der Waals surface area contributed by atoms with E-state index < -0.39 is 4.92 Å². The summed E-state index contributed by atoms with van der Waals surface area (Å²) in [6, 6.07) is 14.8. The minimum Gasteiger partial charge on any atom is -0.308 e. The first-order valence-corrected chi connectivity index (χ1v) is 9.77. The maximum absolute atomic E-state index is 11.0. The molecule has 0 fully saturated rings. The van der Waals surface area contributed by atoms with Crippen molar-refractivity contribution in [1.29, 1.82) is 5.26 Å². The topological polar surface area (TPSA) is 103 Å². The van der Waals surface area contributed by atoms with Crippen molar-refractivity contribution >= 4 is 16.9 Å². The third-order valence-electron chi connectivity index (χ3n) is 5.02. The highest BCUT2D eigenvalue weighted by Gasteiger charge is 2.15. The molecule has 4 aromatic rings. The lowest BCUT2D eigenvalue weighted by molar-refractivity contribution is -0.384. The van der Waals surface area contributed by atoms with Crippen molar-refractivity contribution in [3.05, 3.63) is 82.1 Å². The van der Waals surface area contributed by atoms with E-state index in [-0.39, 0.29) is 11.4 Å². The maximum Gasteiger partial charge on any atom is 0.288 e. The van der Waals surface area contributed by atoms with Crippen LogP contribution in [0.3, 0.4) is 0 Å². The molecule has 0 unspecified atom stereocenters. The summed E-state index contributed by atoms with van der Waals surface area (Å²) in [6.07, 6.45) is 6.18. The Bertz CT molecular complexity index is 1250. The number of hydrogen-bond donors (Lipinski definition) is 0. The summed E-state index contributed by atoms with van der Waals surface area (Å²) >= 11 is 0. The summed E-state index contributed by atoms with van der Waals surface area (Å²) in [5, 5.41) is 20.3. The van der Waals surface area contributed by atoms with E-state index in [1.54, 1.807) is 6.20 Å². The number of aromatic nitrogens is 4. The van der Waals surface area contributed by atoms with Gasteiger partial charge in [-0.15, -0.1) is 0 Å². The summed E-state index contributed by atoms with van der Waals surface area (Å²) in [5.41, 5.74) is 3.62. The molecule has 0 aliphatic carbocycles. The van der Waals surface area contributed by atoms with Crippen LogP contribution >= 0.6 is 0 Å². The zero-order chi connectivity index (χ0) is 21.1. The lowest BCUT2D eigenvalue weighted by atomic mass is 10.2. The van der Waals surface area contributed by atoms with Gasteiger partial charge in [-0.1, -0.05) is 25.5 Å². The second kappa shape index (κ2) is 8.17. The molecule has 3 aromatic heterocycles. The van der Waals surface area contributed by atoms with E-state index in [1.807, 2.05) is 42.5 Å². The quantitative estimate of drug-likeness (QED) is 0.338. The molecule has 150 valence electrons. The molecule has 3 heterocycles. The highest BCUT2D eigenvalue weighted by molar-refractivity contribution is 5.71. The fraction of sp³-hybridized carbons (Fsp3) is 0.227. The fourth-order valence-corrected chi connectivity index (χ4v) is 3.49. The molecular weight excluding hydrogens is 380 g/mol. The average Bonchev–Trinajstić information content (AvgIpc) is 3.35. The van der Waals surface area contributed by atoms with Gasteiger partial charge < -0.3 is 9.13 Å². The van der Waals surface area contributed by atoms with Crippen molar-refractivity contribution in [2.24, 2.45) is 0 Å². The Labute approximate surface area is 173 Å². The van der Waals surface area contributed by atoms with Gasteiger partial charge in [0.15, 0.2) is 5.65 Å². The Kier molecular flexibility index (Phi) is 5.26. The minimum atomic E-state index is -0.499. The Hall–Kier alpha value is -3.99. The first kappa shape index (κ1) is 19.3. The van der Waals surface area contributed by atoms with Crippen LogP contribution in [-0.2, 0) is 13.0 Å². The summed E-state index contributed by atoms with van der Waals surface area (Å²) < 4.78 is 3.67. The Morgan fingerprint density at radius 3 is 2.73 bits per heavy atom. The van der Waals surface area contributed by atoms with Crippen molar-refractivity contribution in [3.63, 3.8) is 0 Å². The molecule has 0 atom stereocenters. The van der Waals surface area contributed by atoms with Crippen molar-refractivity contribution in [1.82, 2.24) is 19.1 Å². The van der Waals surface area contributed by atoms with Gasteiger partial charge in [-0.05, 0) is 36.2 Å². The Morgan fingerprint density at radius 1 is 1.23 bits per heavy atom. The van der Waals surface area contributed by atoms with Gasteiger partial charge in [-0.2, -0.15) is 5.26 Å². The number of pyridine rings is 1. The molecule has 0 saturated carbocycles. The number of rotatable bonds is 7. The zero-order valence-electron chi connectivity index (χ0n) is 16.5. The minimum absolute atomic E-state index is 0.104. The normalized spacial score (nSPS) is 10.9. The van der Waals surface area contributed by atoms with Crippen LogP contribution in [0.2, 0.25) is 0 Å². The van der Waals surface area contributed by atoms with Crippen LogP contribution in [0.4, 0.5) is 5.69 Å². The van der Waals surface area contributed by atoms with E-state index >= 15 is 0 Å². The molecule has 4 rings (SSSR count). The van der Waals surface area contributed by atoms with Crippen LogP contribution in [0.15, 0.2) is 54.9 Å². The van der Waals surface area contributed by atoms with Crippen LogP contribution in [0, 0.1) is 21.4 Å². The van der Waals surface area contributed by atoms with Gasteiger partial charge in [0, 0.05) is 18.3 Å². The largest absolute Gasteiger partial charge is 0.308 e. The maximum atomic E-state index is 11.0. The summed E-state index contributed by atoms with van der Waals surface area (Å²) in [6.45, 7) is 2.79. The second-order valence-electron chi connectivity index (χ2n) is 7.05. The highest BCUT2D eigenvalue weighted by Crippen LogP contribution is 2.22. The highest BCUT2D eigenvalue weighted by atomic mass is 16.6. The number of unbranched alkanes of at least 4 members (excludes halogenated alkanes) is 1. The van der Waals surface area contributed by atoms with Gasteiger partial charge in [0.1, 0.15) is 23.1 Å². The van der Waals surface area contributed by atoms with Crippen molar-refractivity contribution in [2.45, 2.75) is 32.7 Å². The molecule has 0 N–H and O–H groups in total. The third kappa shape index (κ3) is 3.65. The number of nitrogens with zero attached hydrogens (tertiary/aromatic N) is 6. The molecule has 0 spiro atoms. The lowest BCUT2D eigenvalue weighted by Crippen LogP contribution is -2.06. The molecular formula is C22H20N6O2. The van der Waals surface area contributed by atoms with Crippen LogP contribution in [0.5, 0.6) is 0 Å². The van der Waals surface area contributed by atoms with Crippen molar-refractivity contribution in [2.75, 3.05) is 0 Å². The summed E-state index contributed by atoms with van der Waals surface area (Å²) in [4.78, 5) is 19.8.